The lowest BCUT2D eigenvalue weighted by molar-refractivity contribution is 0.863. The smallest absolute Gasteiger partial charge is 0.163 e. The van der Waals surface area contributed by atoms with Crippen LogP contribution >= 0.6 is 12.2 Å². The van der Waals surface area contributed by atoms with Crippen molar-refractivity contribution < 1.29 is 0 Å². The Balaban J connectivity index is 2.55. The number of nitrogens with one attached hydrogen (secondary N) is 1. The molecule has 0 saturated heterocycles. The van der Waals surface area contributed by atoms with Gasteiger partial charge in [0.05, 0.1) is 0 Å². The highest BCUT2D eigenvalue weighted by molar-refractivity contribution is 7.80. The average Bonchev–Trinajstić information content (AvgIpc) is 2.08. The monoisotopic (exact) mass is 208 g/mol. The van der Waals surface area contributed by atoms with E-state index in [4.69, 9.17) is 18.0 Å². The molecule has 0 heterocycles. The molecule has 14 heavy (non-hydrogen) atoms. The first-order valence-corrected chi connectivity index (χ1v) is 5.10. The second-order valence-corrected chi connectivity index (χ2v) is 3.91. The summed E-state index contributed by atoms with van der Waals surface area (Å²) in [5.41, 5.74) is 9.31. The number of rotatable bonds is 3. The molecule has 0 aliphatic carbocycles. The van der Waals surface area contributed by atoms with Crippen LogP contribution in [0.25, 0.3) is 0 Å². The Labute approximate surface area is 90.5 Å². The highest BCUT2D eigenvalue weighted by Gasteiger charge is 1.98. The van der Waals surface area contributed by atoms with E-state index in [1.807, 2.05) is 0 Å². The predicted molar refractivity (Wildman–Crippen MR) is 64.4 cm³/mol. The average molecular weight is 208 g/mol. The highest BCUT2D eigenvalue weighted by Crippen LogP contribution is 2.10. The van der Waals surface area contributed by atoms with Crippen LogP contribution in [0.4, 0.5) is 0 Å². The first-order valence-electron chi connectivity index (χ1n) is 4.69. The summed E-state index contributed by atoms with van der Waals surface area (Å²) in [7, 11) is 0. The van der Waals surface area contributed by atoms with E-state index in [-0.39, 0.29) is 0 Å². The number of aryl methyl sites for hydroxylation is 2. The van der Waals surface area contributed by atoms with Crippen LogP contribution in [-0.2, 0) is 6.42 Å². The zero-order valence-electron chi connectivity index (χ0n) is 8.63. The number of nitrogens with two attached hydrogens (primary N) is 1. The third kappa shape index (κ3) is 3.34. The summed E-state index contributed by atoms with van der Waals surface area (Å²) in [5, 5.41) is 3.32. The maximum atomic E-state index is 5.34. The molecule has 0 radical (unpaired) electrons. The molecule has 3 N–H and O–H groups in total. The van der Waals surface area contributed by atoms with Gasteiger partial charge in [-0.2, -0.15) is 0 Å². The minimum absolute atomic E-state index is 0.370. The van der Waals surface area contributed by atoms with Crippen molar-refractivity contribution in [1.82, 2.24) is 5.32 Å². The van der Waals surface area contributed by atoms with Gasteiger partial charge in [-0.3, -0.25) is 0 Å². The molecule has 2 nitrogen and oxygen atoms in total. The van der Waals surface area contributed by atoms with E-state index in [2.05, 4.69) is 37.4 Å². The first kappa shape index (κ1) is 11.0. The summed E-state index contributed by atoms with van der Waals surface area (Å²) >= 11 is 4.73. The van der Waals surface area contributed by atoms with Crippen molar-refractivity contribution in [2.24, 2.45) is 5.73 Å². The van der Waals surface area contributed by atoms with Gasteiger partial charge in [-0.1, -0.05) is 23.8 Å². The molecule has 3 heteroatoms. The first-order chi connectivity index (χ1) is 6.59. The van der Waals surface area contributed by atoms with Crippen molar-refractivity contribution in [2.45, 2.75) is 20.3 Å². The number of benzene rings is 1. The number of hydrogen-bond acceptors (Lipinski definition) is 1. The lowest BCUT2D eigenvalue weighted by Crippen LogP contribution is -2.30. The van der Waals surface area contributed by atoms with Gasteiger partial charge >= 0.3 is 0 Å². The molecule has 0 aromatic heterocycles. The van der Waals surface area contributed by atoms with Gasteiger partial charge in [0, 0.05) is 6.54 Å². The molecule has 0 amide bonds. The summed E-state index contributed by atoms with van der Waals surface area (Å²) in [6.45, 7) is 5.03. The van der Waals surface area contributed by atoms with Gasteiger partial charge in [0.2, 0.25) is 0 Å². The summed E-state index contributed by atoms with van der Waals surface area (Å²) < 4.78 is 0. The molecule has 0 saturated carbocycles. The molecule has 0 aliphatic rings. The van der Waals surface area contributed by atoms with Crippen molar-refractivity contribution in [3.63, 3.8) is 0 Å². The Morgan fingerprint density at radius 3 is 2.71 bits per heavy atom. The lowest BCUT2D eigenvalue weighted by Gasteiger charge is -2.07. The fraction of sp³-hybridized carbons (Fsp3) is 0.364. The Hall–Kier alpha value is -1.09. The molecule has 0 unspecified atom stereocenters. The Kier molecular flexibility index (Phi) is 3.89. The second-order valence-electron chi connectivity index (χ2n) is 3.47. The largest absolute Gasteiger partial charge is 0.376 e. The molecular formula is C11H16N2S. The Bertz CT molecular complexity index is 334. The molecule has 1 aromatic carbocycles. The molecular weight excluding hydrogens is 192 g/mol. The SMILES string of the molecule is Cc1ccc(CCNC(N)=S)c(C)c1. The number of hydrogen-bond donors (Lipinski definition) is 2. The van der Waals surface area contributed by atoms with E-state index in [0.29, 0.717) is 5.11 Å². The Morgan fingerprint density at radius 2 is 2.14 bits per heavy atom. The third-order valence-electron chi connectivity index (χ3n) is 2.19. The standard InChI is InChI=1S/C11H16N2S/c1-8-3-4-10(9(2)7-8)5-6-13-11(12)14/h3-4,7H,5-6H2,1-2H3,(H3,12,13,14). The third-order valence-corrected chi connectivity index (χ3v) is 2.34. The van der Waals surface area contributed by atoms with Crippen molar-refractivity contribution >= 4 is 17.3 Å². The van der Waals surface area contributed by atoms with Crippen LogP contribution in [0, 0.1) is 13.8 Å². The van der Waals surface area contributed by atoms with Crippen LogP contribution < -0.4 is 11.1 Å². The quantitative estimate of drug-likeness (QED) is 0.742. The predicted octanol–water partition coefficient (Wildman–Crippen LogP) is 1.68. The van der Waals surface area contributed by atoms with Gasteiger partial charge in [0.1, 0.15) is 0 Å². The van der Waals surface area contributed by atoms with Gasteiger partial charge in [-0.05, 0) is 43.6 Å². The molecule has 76 valence electrons. The molecule has 0 fully saturated rings. The van der Waals surface area contributed by atoms with Crippen molar-refractivity contribution in [1.29, 1.82) is 0 Å². The van der Waals surface area contributed by atoms with Crippen LogP contribution in [0.2, 0.25) is 0 Å². The molecule has 1 aromatic rings. The maximum absolute atomic E-state index is 5.34. The van der Waals surface area contributed by atoms with Crippen LogP contribution in [0.5, 0.6) is 0 Å². The van der Waals surface area contributed by atoms with Crippen LogP contribution in [-0.4, -0.2) is 11.7 Å². The highest BCUT2D eigenvalue weighted by atomic mass is 32.1. The van der Waals surface area contributed by atoms with Gasteiger partial charge in [0.25, 0.3) is 0 Å². The molecule has 0 spiro atoms. The minimum Gasteiger partial charge on any atom is -0.376 e. The molecule has 0 atom stereocenters. The second kappa shape index (κ2) is 4.96. The van der Waals surface area contributed by atoms with Crippen molar-refractivity contribution in [3.8, 4) is 0 Å². The lowest BCUT2D eigenvalue weighted by atomic mass is 10.0. The zero-order chi connectivity index (χ0) is 10.6. The van der Waals surface area contributed by atoms with E-state index in [0.717, 1.165) is 13.0 Å². The van der Waals surface area contributed by atoms with Gasteiger partial charge in [-0.25, -0.2) is 0 Å². The van der Waals surface area contributed by atoms with Crippen molar-refractivity contribution in [2.75, 3.05) is 6.54 Å². The normalized spacial score (nSPS) is 9.86. The van der Waals surface area contributed by atoms with E-state index in [9.17, 15) is 0 Å². The topological polar surface area (TPSA) is 38.0 Å². The van der Waals surface area contributed by atoms with Gasteiger partial charge in [0.15, 0.2) is 5.11 Å². The van der Waals surface area contributed by atoms with Crippen molar-refractivity contribution in [3.05, 3.63) is 34.9 Å². The fourth-order valence-corrected chi connectivity index (χ4v) is 1.55. The summed E-state index contributed by atoms with van der Waals surface area (Å²) in [5.74, 6) is 0. The summed E-state index contributed by atoms with van der Waals surface area (Å²) in [6, 6.07) is 6.48. The number of thiocarbonyl (C=S) groups is 1. The fourth-order valence-electron chi connectivity index (χ4n) is 1.45. The maximum Gasteiger partial charge on any atom is 0.163 e. The van der Waals surface area contributed by atoms with E-state index < -0.39 is 0 Å². The molecule has 0 aliphatic heterocycles. The molecule has 1 rings (SSSR count). The zero-order valence-corrected chi connectivity index (χ0v) is 9.45. The van der Waals surface area contributed by atoms with Crippen LogP contribution in [0.15, 0.2) is 18.2 Å². The Morgan fingerprint density at radius 1 is 1.43 bits per heavy atom. The van der Waals surface area contributed by atoms with Gasteiger partial charge in [-0.15, -0.1) is 0 Å². The molecule has 0 bridgehead atoms. The van der Waals surface area contributed by atoms with Crippen LogP contribution in [0.1, 0.15) is 16.7 Å². The summed E-state index contributed by atoms with van der Waals surface area (Å²) in [4.78, 5) is 0. The van der Waals surface area contributed by atoms with E-state index in [1.54, 1.807) is 0 Å². The van der Waals surface area contributed by atoms with Gasteiger partial charge < -0.3 is 11.1 Å². The van der Waals surface area contributed by atoms with Crippen LogP contribution in [0.3, 0.4) is 0 Å². The minimum atomic E-state index is 0.370. The van der Waals surface area contributed by atoms with E-state index in [1.165, 1.54) is 16.7 Å². The summed E-state index contributed by atoms with van der Waals surface area (Å²) in [6.07, 6.45) is 0.962. The van der Waals surface area contributed by atoms with E-state index >= 15 is 0 Å².